The Bertz CT molecular complexity index is 396. The predicted molar refractivity (Wildman–Crippen MR) is 64.6 cm³/mol. The molecule has 0 unspecified atom stereocenters. The van der Waals surface area contributed by atoms with Crippen LogP contribution in [0, 0.1) is 0 Å². The van der Waals surface area contributed by atoms with Crippen molar-refractivity contribution in [3.05, 3.63) is 29.8 Å². The third-order valence-electron chi connectivity index (χ3n) is 3.37. The SMILES string of the molecule is [NH3+][C@H](CC(=O)[O-])c1ccc(OC2CCCC2)cc1. The molecule has 4 heteroatoms. The fraction of sp³-hybridized carbons (Fsp3) is 0.500. The van der Waals surface area contributed by atoms with E-state index in [4.69, 9.17) is 4.74 Å². The first-order valence-electron chi connectivity index (χ1n) is 6.44. The zero-order valence-corrected chi connectivity index (χ0v) is 10.4. The van der Waals surface area contributed by atoms with E-state index in [1.807, 2.05) is 24.3 Å². The average Bonchev–Trinajstić information content (AvgIpc) is 2.82. The van der Waals surface area contributed by atoms with Gasteiger partial charge in [0.2, 0.25) is 0 Å². The molecule has 0 radical (unpaired) electrons. The molecular weight excluding hydrogens is 230 g/mol. The molecule has 1 fully saturated rings. The Balaban J connectivity index is 1.94. The minimum Gasteiger partial charge on any atom is -0.550 e. The fourth-order valence-corrected chi connectivity index (χ4v) is 2.34. The lowest BCUT2D eigenvalue weighted by Crippen LogP contribution is -2.55. The number of quaternary nitrogens is 1. The molecule has 0 heterocycles. The third kappa shape index (κ3) is 3.47. The predicted octanol–water partition coefficient (Wildman–Crippen LogP) is 0.431. The van der Waals surface area contributed by atoms with Crippen molar-refractivity contribution in [1.82, 2.24) is 0 Å². The number of hydrogen-bond donors (Lipinski definition) is 1. The summed E-state index contributed by atoms with van der Waals surface area (Å²) in [5, 5.41) is 10.5. The molecule has 4 nitrogen and oxygen atoms in total. The minimum absolute atomic E-state index is 0.0527. The quantitative estimate of drug-likeness (QED) is 0.822. The highest BCUT2D eigenvalue weighted by Gasteiger charge is 2.16. The maximum atomic E-state index is 10.5. The lowest BCUT2D eigenvalue weighted by Gasteiger charge is -2.14. The van der Waals surface area contributed by atoms with Gasteiger partial charge >= 0.3 is 0 Å². The van der Waals surface area contributed by atoms with Crippen molar-refractivity contribution in [3.63, 3.8) is 0 Å². The van der Waals surface area contributed by atoms with Gasteiger partial charge < -0.3 is 20.4 Å². The zero-order valence-electron chi connectivity index (χ0n) is 10.4. The minimum atomic E-state index is -1.07. The Morgan fingerprint density at radius 3 is 2.50 bits per heavy atom. The Morgan fingerprint density at radius 1 is 1.33 bits per heavy atom. The van der Waals surface area contributed by atoms with Gasteiger partial charge in [-0.15, -0.1) is 0 Å². The fourth-order valence-electron chi connectivity index (χ4n) is 2.34. The molecule has 0 amide bonds. The van der Waals surface area contributed by atoms with E-state index in [1.54, 1.807) is 0 Å². The Morgan fingerprint density at radius 2 is 1.94 bits per heavy atom. The first-order valence-corrected chi connectivity index (χ1v) is 6.44. The van der Waals surface area contributed by atoms with Crippen LogP contribution in [0.5, 0.6) is 5.75 Å². The van der Waals surface area contributed by atoms with E-state index in [9.17, 15) is 9.90 Å². The Labute approximate surface area is 107 Å². The molecular formula is C14H19NO3. The van der Waals surface area contributed by atoms with Crippen molar-refractivity contribution in [2.45, 2.75) is 44.2 Å². The smallest absolute Gasteiger partial charge is 0.119 e. The van der Waals surface area contributed by atoms with Gasteiger partial charge in [-0.05, 0) is 49.9 Å². The molecule has 18 heavy (non-hydrogen) atoms. The molecule has 0 bridgehead atoms. The summed E-state index contributed by atoms with van der Waals surface area (Å²) in [4.78, 5) is 10.5. The van der Waals surface area contributed by atoms with Crippen molar-refractivity contribution >= 4 is 5.97 Å². The van der Waals surface area contributed by atoms with E-state index in [0.29, 0.717) is 6.10 Å². The molecule has 1 aliphatic carbocycles. The summed E-state index contributed by atoms with van der Waals surface area (Å²) in [6.07, 6.45) is 5.04. The summed E-state index contributed by atoms with van der Waals surface area (Å²) in [6, 6.07) is 7.27. The highest BCUT2D eigenvalue weighted by atomic mass is 16.5. The van der Waals surface area contributed by atoms with Crippen LogP contribution >= 0.6 is 0 Å². The molecule has 0 spiro atoms. The number of carbonyl (C=O) groups excluding carboxylic acids is 1. The van der Waals surface area contributed by atoms with E-state index in [1.165, 1.54) is 12.8 Å². The number of carboxylic acid groups (broad SMARTS) is 1. The molecule has 1 aliphatic rings. The van der Waals surface area contributed by atoms with Crippen molar-refractivity contribution in [3.8, 4) is 5.75 Å². The first-order chi connectivity index (χ1) is 8.65. The second kappa shape index (κ2) is 5.87. The van der Waals surface area contributed by atoms with Gasteiger partial charge in [-0.25, -0.2) is 0 Å². The molecule has 98 valence electrons. The number of carboxylic acids is 1. The molecule has 1 atom stereocenters. The number of hydrogen-bond acceptors (Lipinski definition) is 3. The molecule has 1 aromatic carbocycles. The molecule has 1 aromatic rings. The average molecular weight is 249 g/mol. The van der Waals surface area contributed by atoms with E-state index < -0.39 is 5.97 Å². The van der Waals surface area contributed by atoms with Crippen LogP contribution < -0.4 is 15.6 Å². The van der Waals surface area contributed by atoms with Crippen molar-refractivity contribution < 1.29 is 20.4 Å². The maximum absolute atomic E-state index is 10.5. The topological polar surface area (TPSA) is 77.0 Å². The number of ether oxygens (including phenoxy) is 1. The van der Waals surface area contributed by atoms with Crippen LogP contribution in [-0.2, 0) is 4.79 Å². The third-order valence-corrected chi connectivity index (χ3v) is 3.37. The highest BCUT2D eigenvalue weighted by Crippen LogP contribution is 2.25. The van der Waals surface area contributed by atoms with Crippen LogP contribution in [0.4, 0.5) is 0 Å². The van der Waals surface area contributed by atoms with Crippen LogP contribution in [0.3, 0.4) is 0 Å². The lowest BCUT2D eigenvalue weighted by molar-refractivity contribution is -0.430. The van der Waals surface area contributed by atoms with Gasteiger partial charge in [-0.1, -0.05) is 0 Å². The van der Waals surface area contributed by atoms with E-state index in [0.717, 1.165) is 24.2 Å². The number of aliphatic carboxylic acids is 1. The van der Waals surface area contributed by atoms with Crippen LogP contribution in [-0.4, -0.2) is 12.1 Å². The summed E-state index contributed by atoms with van der Waals surface area (Å²) in [7, 11) is 0. The van der Waals surface area contributed by atoms with Gasteiger partial charge in [-0.3, -0.25) is 0 Å². The largest absolute Gasteiger partial charge is 0.550 e. The Kier molecular flexibility index (Phi) is 4.20. The number of carbonyl (C=O) groups is 1. The van der Waals surface area contributed by atoms with Crippen molar-refractivity contribution in [1.29, 1.82) is 0 Å². The van der Waals surface area contributed by atoms with Crippen LogP contribution in [0.15, 0.2) is 24.3 Å². The monoisotopic (exact) mass is 249 g/mol. The molecule has 2 rings (SSSR count). The number of benzene rings is 1. The Hall–Kier alpha value is -1.55. The van der Waals surface area contributed by atoms with Gasteiger partial charge in [0.1, 0.15) is 11.8 Å². The van der Waals surface area contributed by atoms with Gasteiger partial charge in [0.15, 0.2) is 0 Å². The van der Waals surface area contributed by atoms with E-state index >= 15 is 0 Å². The molecule has 0 aromatic heterocycles. The highest BCUT2D eigenvalue weighted by molar-refractivity contribution is 5.65. The molecule has 0 saturated heterocycles. The molecule has 3 N–H and O–H groups in total. The van der Waals surface area contributed by atoms with Gasteiger partial charge in [-0.2, -0.15) is 0 Å². The van der Waals surface area contributed by atoms with Gasteiger partial charge in [0.05, 0.1) is 6.10 Å². The van der Waals surface area contributed by atoms with Crippen LogP contribution in [0.2, 0.25) is 0 Å². The zero-order chi connectivity index (χ0) is 13.0. The lowest BCUT2D eigenvalue weighted by atomic mass is 10.0. The molecule has 0 aliphatic heterocycles. The second-order valence-corrected chi connectivity index (χ2v) is 4.87. The molecule has 1 saturated carbocycles. The summed E-state index contributed by atoms with van der Waals surface area (Å²) < 4.78 is 5.84. The summed E-state index contributed by atoms with van der Waals surface area (Å²) >= 11 is 0. The number of rotatable bonds is 5. The summed E-state index contributed by atoms with van der Waals surface area (Å²) in [5.41, 5.74) is 4.72. The summed E-state index contributed by atoms with van der Waals surface area (Å²) in [6.45, 7) is 0. The normalized spacial score (nSPS) is 17.6. The maximum Gasteiger partial charge on any atom is 0.119 e. The van der Waals surface area contributed by atoms with E-state index in [2.05, 4.69) is 5.73 Å². The second-order valence-electron chi connectivity index (χ2n) is 4.87. The van der Waals surface area contributed by atoms with Crippen molar-refractivity contribution in [2.75, 3.05) is 0 Å². The van der Waals surface area contributed by atoms with Crippen molar-refractivity contribution in [2.24, 2.45) is 0 Å². The standard InChI is InChI=1S/C14H19NO3/c15-13(9-14(16)17)10-5-7-12(8-6-10)18-11-3-1-2-4-11/h5-8,11,13H,1-4,9,15H2,(H,16,17)/t13-/m1/s1. The van der Waals surface area contributed by atoms with Gasteiger partial charge in [0, 0.05) is 18.0 Å². The van der Waals surface area contributed by atoms with Gasteiger partial charge in [0.25, 0.3) is 0 Å². The van der Waals surface area contributed by atoms with Crippen LogP contribution in [0.25, 0.3) is 0 Å². The summed E-state index contributed by atoms with van der Waals surface area (Å²) in [5.74, 6) is -0.215. The van der Waals surface area contributed by atoms with Crippen LogP contribution in [0.1, 0.15) is 43.7 Å². The first kappa shape index (κ1) is 12.9. The van der Waals surface area contributed by atoms with E-state index in [-0.39, 0.29) is 12.5 Å².